The molecular formula is C10H9ClF4. The van der Waals surface area contributed by atoms with Crippen molar-refractivity contribution in [2.45, 2.75) is 19.0 Å². The van der Waals surface area contributed by atoms with Gasteiger partial charge < -0.3 is 0 Å². The first-order valence-corrected chi connectivity index (χ1v) is 4.91. The van der Waals surface area contributed by atoms with E-state index in [0.29, 0.717) is 6.42 Å². The van der Waals surface area contributed by atoms with Crippen molar-refractivity contribution in [2.24, 2.45) is 0 Å². The summed E-state index contributed by atoms with van der Waals surface area (Å²) in [6.45, 7) is 0. The average molecular weight is 241 g/mol. The van der Waals surface area contributed by atoms with Crippen LogP contribution < -0.4 is 0 Å². The van der Waals surface area contributed by atoms with Crippen LogP contribution >= 0.6 is 11.6 Å². The summed E-state index contributed by atoms with van der Waals surface area (Å²) >= 11 is 5.37. The molecule has 5 heteroatoms. The zero-order chi connectivity index (χ0) is 11.5. The molecule has 0 unspecified atom stereocenters. The second-order valence-electron chi connectivity index (χ2n) is 3.06. The van der Waals surface area contributed by atoms with E-state index >= 15 is 0 Å². The standard InChI is InChI=1S/C10H9ClF4/c11-6-2-3-7-8(10(13,14)15)4-1-5-9(7)12/h1,4-5H,2-3,6H2. The molecule has 0 saturated heterocycles. The van der Waals surface area contributed by atoms with Crippen molar-refractivity contribution >= 4 is 11.6 Å². The van der Waals surface area contributed by atoms with Gasteiger partial charge in [-0.25, -0.2) is 4.39 Å². The van der Waals surface area contributed by atoms with Gasteiger partial charge in [0.2, 0.25) is 0 Å². The van der Waals surface area contributed by atoms with Crippen molar-refractivity contribution < 1.29 is 17.6 Å². The number of halogens is 5. The van der Waals surface area contributed by atoms with Gasteiger partial charge >= 0.3 is 6.18 Å². The third-order valence-electron chi connectivity index (χ3n) is 1.98. The molecule has 1 aromatic rings. The highest BCUT2D eigenvalue weighted by atomic mass is 35.5. The minimum absolute atomic E-state index is 0.00498. The minimum atomic E-state index is -4.51. The molecule has 84 valence electrons. The largest absolute Gasteiger partial charge is 0.416 e. The summed E-state index contributed by atoms with van der Waals surface area (Å²) in [5.74, 6) is -0.610. The van der Waals surface area contributed by atoms with E-state index in [4.69, 9.17) is 11.6 Å². The summed E-state index contributed by atoms with van der Waals surface area (Å²) in [5, 5.41) is 0. The Morgan fingerprint density at radius 3 is 2.40 bits per heavy atom. The SMILES string of the molecule is Fc1cccc(C(F)(F)F)c1CCCCl. The Kier molecular flexibility index (Phi) is 3.97. The first-order valence-electron chi connectivity index (χ1n) is 4.37. The smallest absolute Gasteiger partial charge is 0.207 e. The fourth-order valence-electron chi connectivity index (χ4n) is 1.32. The topological polar surface area (TPSA) is 0 Å². The van der Waals surface area contributed by atoms with E-state index in [9.17, 15) is 17.6 Å². The summed E-state index contributed by atoms with van der Waals surface area (Å²) in [6, 6.07) is 2.97. The lowest BCUT2D eigenvalue weighted by atomic mass is 10.0. The Bertz CT molecular complexity index is 333. The summed E-state index contributed by atoms with van der Waals surface area (Å²) in [4.78, 5) is 0. The maximum absolute atomic E-state index is 13.2. The number of rotatable bonds is 3. The quantitative estimate of drug-likeness (QED) is 0.553. The number of hydrogen-bond acceptors (Lipinski definition) is 0. The summed E-state index contributed by atoms with van der Waals surface area (Å²) < 4.78 is 50.5. The van der Waals surface area contributed by atoms with Gasteiger partial charge in [-0.15, -0.1) is 11.6 Å². The Labute approximate surface area is 89.9 Å². The van der Waals surface area contributed by atoms with Crippen LogP contribution in [0.15, 0.2) is 18.2 Å². The van der Waals surface area contributed by atoms with Crippen LogP contribution in [0.5, 0.6) is 0 Å². The van der Waals surface area contributed by atoms with Crippen molar-refractivity contribution in [3.05, 3.63) is 35.1 Å². The number of benzene rings is 1. The molecule has 0 heterocycles. The predicted molar refractivity (Wildman–Crippen MR) is 50.4 cm³/mol. The van der Waals surface area contributed by atoms with Gasteiger partial charge in [-0.05, 0) is 25.0 Å². The molecule has 15 heavy (non-hydrogen) atoms. The van der Waals surface area contributed by atoms with Crippen LogP contribution in [0.1, 0.15) is 17.5 Å². The Hall–Kier alpha value is -0.770. The molecule has 0 bridgehead atoms. The number of alkyl halides is 4. The van der Waals surface area contributed by atoms with Gasteiger partial charge in [0.15, 0.2) is 0 Å². The van der Waals surface area contributed by atoms with Crippen LogP contribution in [0.3, 0.4) is 0 Å². The molecule has 0 nitrogen and oxygen atoms in total. The zero-order valence-corrected chi connectivity index (χ0v) is 8.50. The van der Waals surface area contributed by atoms with Crippen LogP contribution in [0.25, 0.3) is 0 Å². The maximum Gasteiger partial charge on any atom is 0.416 e. The lowest BCUT2D eigenvalue weighted by Crippen LogP contribution is -2.11. The van der Waals surface area contributed by atoms with E-state index in [-0.39, 0.29) is 17.9 Å². The molecule has 0 radical (unpaired) electrons. The van der Waals surface area contributed by atoms with Crippen molar-refractivity contribution in [3.8, 4) is 0 Å². The van der Waals surface area contributed by atoms with E-state index in [2.05, 4.69) is 0 Å². The molecule has 0 aliphatic rings. The van der Waals surface area contributed by atoms with Gasteiger partial charge in [0.25, 0.3) is 0 Å². The second-order valence-corrected chi connectivity index (χ2v) is 3.43. The van der Waals surface area contributed by atoms with Crippen molar-refractivity contribution in [2.75, 3.05) is 5.88 Å². The van der Waals surface area contributed by atoms with E-state index in [1.807, 2.05) is 0 Å². The lowest BCUT2D eigenvalue weighted by molar-refractivity contribution is -0.138. The van der Waals surface area contributed by atoms with Gasteiger partial charge in [-0.3, -0.25) is 0 Å². The average Bonchev–Trinajstić information content (AvgIpc) is 2.14. The van der Waals surface area contributed by atoms with Gasteiger partial charge in [0, 0.05) is 11.4 Å². The van der Waals surface area contributed by atoms with E-state index in [1.54, 1.807) is 0 Å². The normalized spacial score (nSPS) is 11.8. The monoisotopic (exact) mass is 240 g/mol. The molecule has 0 amide bonds. The Morgan fingerprint density at radius 2 is 1.87 bits per heavy atom. The summed E-state index contributed by atoms with van der Waals surface area (Å²) in [5.41, 5.74) is -1.21. The van der Waals surface area contributed by atoms with Crippen LogP contribution in [0, 0.1) is 5.82 Å². The van der Waals surface area contributed by atoms with Crippen molar-refractivity contribution in [1.29, 1.82) is 0 Å². The van der Waals surface area contributed by atoms with Crippen molar-refractivity contribution in [3.63, 3.8) is 0 Å². The fourth-order valence-corrected chi connectivity index (χ4v) is 1.46. The molecule has 0 aromatic heterocycles. The fraction of sp³-hybridized carbons (Fsp3) is 0.400. The molecular weight excluding hydrogens is 232 g/mol. The van der Waals surface area contributed by atoms with Gasteiger partial charge in [0.05, 0.1) is 5.56 Å². The molecule has 0 spiro atoms. The summed E-state index contributed by atoms with van der Waals surface area (Å²) in [7, 11) is 0. The summed E-state index contributed by atoms with van der Waals surface area (Å²) in [6.07, 6.45) is -4.18. The molecule has 0 atom stereocenters. The number of hydrogen-bond donors (Lipinski definition) is 0. The van der Waals surface area contributed by atoms with Gasteiger partial charge in [-0.1, -0.05) is 6.07 Å². The van der Waals surface area contributed by atoms with Gasteiger partial charge in [-0.2, -0.15) is 13.2 Å². The Morgan fingerprint density at radius 1 is 1.20 bits per heavy atom. The first kappa shape index (κ1) is 12.3. The van der Waals surface area contributed by atoms with Crippen molar-refractivity contribution in [1.82, 2.24) is 0 Å². The van der Waals surface area contributed by atoms with Crippen LogP contribution in [-0.2, 0) is 12.6 Å². The van der Waals surface area contributed by atoms with Crippen LogP contribution in [-0.4, -0.2) is 5.88 Å². The van der Waals surface area contributed by atoms with Gasteiger partial charge in [0.1, 0.15) is 5.82 Å². The molecule has 0 aliphatic heterocycles. The molecule has 0 N–H and O–H groups in total. The first-order chi connectivity index (χ1) is 6.96. The Balaban J connectivity index is 3.09. The van der Waals surface area contributed by atoms with Crippen LogP contribution in [0.2, 0.25) is 0 Å². The lowest BCUT2D eigenvalue weighted by Gasteiger charge is -2.12. The van der Waals surface area contributed by atoms with E-state index in [0.717, 1.165) is 18.2 Å². The molecule has 0 aliphatic carbocycles. The molecule has 0 saturated carbocycles. The second kappa shape index (κ2) is 4.84. The maximum atomic E-state index is 13.2. The minimum Gasteiger partial charge on any atom is -0.207 e. The third kappa shape index (κ3) is 3.09. The zero-order valence-electron chi connectivity index (χ0n) is 7.74. The molecule has 1 rings (SSSR count). The highest BCUT2D eigenvalue weighted by Gasteiger charge is 2.33. The third-order valence-corrected chi connectivity index (χ3v) is 2.25. The van der Waals surface area contributed by atoms with Crippen LogP contribution in [0.4, 0.5) is 17.6 Å². The highest BCUT2D eigenvalue weighted by molar-refractivity contribution is 6.17. The van der Waals surface area contributed by atoms with E-state index < -0.39 is 17.6 Å². The molecule has 0 fully saturated rings. The molecule has 1 aromatic carbocycles. The van der Waals surface area contributed by atoms with E-state index in [1.165, 1.54) is 0 Å². The highest BCUT2D eigenvalue weighted by Crippen LogP contribution is 2.33. The predicted octanol–water partition coefficient (Wildman–Crippen LogP) is 4.02.